The van der Waals surface area contributed by atoms with E-state index < -0.39 is 17.3 Å². The van der Waals surface area contributed by atoms with Gasteiger partial charge in [0.2, 0.25) is 0 Å². The summed E-state index contributed by atoms with van der Waals surface area (Å²) in [5.41, 5.74) is 5.43. The second-order valence-electron chi connectivity index (χ2n) is 15.3. The van der Waals surface area contributed by atoms with Crippen molar-refractivity contribution in [3.63, 3.8) is 0 Å². The van der Waals surface area contributed by atoms with E-state index >= 15 is 0 Å². The van der Waals surface area contributed by atoms with Crippen LogP contribution in [0.4, 0.5) is 0 Å². The van der Waals surface area contributed by atoms with E-state index in [1.165, 1.54) is 22.3 Å². The van der Waals surface area contributed by atoms with Crippen LogP contribution in [-0.2, 0) is 41.0 Å². The molecule has 282 valence electrons. The van der Waals surface area contributed by atoms with Gasteiger partial charge in [0.15, 0.2) is 6.79 Å². The van der Waals surface area contributed by atoms with E-state index in [9.17, 15) is 5.11 Å². The van der Waals surface area contributed by atoms with Crippen LogP contribution in [0.2, 0.25) is 0 Å². The highest BCUT2D eigenvalue weighted by Gasteiger charge is 2.28. The average molecular weight is 713 g/mol. The number of hydrogen-bond acceptors (Lipinski definition) is 7. The molecule has 1 atom stereocenters. The van der Waals surface area contributed by atoms with Gasteiger partial charge in [0, 0.05) is 24.0 Å². The van der Waals surface area contributed by atoms with E-state index in [4.69, 9.17) is 28.4 Å². The summed E-state index contributed by atoms with van der Waals surface area (Å²) in [6.07, 6.45) is -0.783. The zero-order valence-corrected chi connectivity index (χ0v) is 33.0. The van der Waals surface area contributed by atoms with Crippen molar-refractivity contribution in [1.82, 2.24) is 0 Å². The minimum atomic E-state index is -0.783. The summed E-state index contributed by atoms with van der Waals surface area (Å²) < 4.78 is 34.4. The number of aliphatic hydroxyl groups excluding tert-OH is 1. The Kier molecular flexibility index (Phi) is 14.1. The van der Waals surface area contributed by atoms with Crippen LogP contribution in [0, 0.1) is 0 Å². The Hall–Kier alpha value is -3.72. The van der Waals surface area contributed by atoms with Crippen molar-refractivity contribution in [1.29, 1.82) is 0 Å². The van der Waals surface area contributed by atoms with Gasteiger partial charge in [-0.3, -0.25) is 0 Å². The molecule has 1 unspecified atom stereocenters. The predicted octanol–water partition coefficient (Wildman–Crippen LogP) is 9.65. The number of aliphatic hydroxyl groups is 1. The van der Waals surface area contributed by atoms with E-state index in [1.54, 1.807) is 0 Å². The molecule has 0 aliphatic heterocycles. The Morgan fingerprint density at radius 1 is 0.442 bits per heavy atom. The van der Waals surface area contributed by atoms with Gasteiger partial charge in [-0.15, -0.1) is 0 Å². The second-order valence-corrected chi connectivity index (χ2v) is 15.3. The van der Waals surface area contributed by atoms with E-state index in [1.807, 2.05) is 52.0 Å². The lowest BCUT2D eigenvalue weighted by Gasteiger charge is -2.30. The van der Waals surface area contributed by atoms with Gasteiger partial charge in [-0.25, -0.2) is 0 Å². The third-order valence-corrected chi connectivity index (χ3v) is 10.1. The molecule has 4 aromatic rings. The van der Waals surface area contributed by atoms with Crippen molar-refractivity contribution >= 4 is 0 Å². The van der Waals surface area contributed by atoms with Crippen LogP contribution in [0.1, 0.15) is 103 Å². The van der Waals surface area contributed by atoms with Gasteiger partial charge in [-0.1, -0.05) is 100 Å². The number of hydrogen-bond donors (Lipinski definition) is 1. The van der Waals surface area contributed by atoms with E-state index in [0.717, 1.165) is 16.9 Å². The normalized spacial score (nSPS) is 13.2. The van der Waals surface area contributed by atoms with Crippen molar-refractivity contribution < 1.29 is 33.5 Å². The molecular weight excluding hydrogens is 652 g/mol. The molecular formula is C45H60O7. The fraction of sp³-hybridized carbons (Fsp3) is 0.467. The molecule has 0 amide bonds. The summed E-state index contributed by atoms with van der Waals surface area (Å²) >= 11 is 0. The first-order valence-electron chi connectivity index (χ1n) is 18.4. The Morgan fingerprint density at radius 2 is 0.788 bits per heavy atom. The van der Waals surface area contributed by atoms with Gasteiger partial charge in [0.1, 0.15) is 31.0 Å². The van der Waals surface area contributed by atoms with Gasteiger partial charge in [-0.05, 0) is 99.2 Å². The van der Waals surface area contributed by atoms with Crippen LogP contribution < -0.4 is 9.47 Å². The van der Waals surface area contributed by atoms with Crippen LogP contribution in [0.5, 0.6) is 11.5 Å². The Bertz CT molecular complexity index is 1640. The van der Waals surface area contributed by atoms with Gasteiger partial charge >= 0.3 is 0 Å². The van der Waals surface area contributed by atoms with Crippen LogP contribution in [0.15, 0.2) is 97.1 Å². The molecule has 0 bridgehead atoms. The largest absolute Gasteiger partial charge is 0.491 e. The highest BCUT2D eigenvalue weighted by molar-refractivity contribution is 5.43. The Labute approximate surface area is 312 Å². The molecule has 52 heavy (non-hydrogen) atoms. The molecule has 7 heteroatoms. The Morgan fingerprint density at radius 3 is 1.21 bits per heavy atom. The maximum absolute atomic E-state index is 10.8. The standard InChI is InChI=1S/C45H60O7/c1-11-47-31-50-41-27-23-36(24-28-41)43(5,6)33-13-17-37(18-14-33)44(7,8)51-30-39(46)29-49-40-25-21-35(22-26-40)42(3,4)34-15-19-38(20-16-34)45(9,10)52-32-48-12-2/h13-28,39,46H,11-12,29-32H2,1-10H3. The lowest BCUT2D eigenvalue weighted by molar-refractivity contribution is -0.129. The second kappa shape index (κ2) is 17.9. The van der Waals surface area contributed by atoms with Crippen molar-refractivity contribution in [2.45, 2.75) is 97.4 Å². The number of rotatable bonds is 20. The minimum absolute atomic E-state index is 0.129. The quantitative estimate of drug-likeness (QED) is 0.0723. The molecule has 0 aromatic heterocycles. The zero-order valence-electron chi connectivity index (χ0n) is 33.0. The maximum Gasteiger partial charge on any atom is 0.189 e. The maximum atomic E-state index is 10.8. The molecule has 0 saturated heterocycles. The molecule has 0 heterocycles. The number of ether oxygens (including phenoxy) is 6. The Balaban J connectivity index is 1.28. The average Bonchev–Trinajstić information content (AvgIpc) is 3.14. The summed E-state index contributed by atoms with van der Waals surface area (Å²) in [5, 5.41) is 10.8. The summed E-state index contributed by atoms with van der Waals surface area (Å²) in [6, 6.07) is 33.4. The molecule has 7 nitrogen and oxygen atoms in total. The monoisotopic (exact) mass is 712 g/mol. The smallest absolute Gasteiger partial charge is 0.189 e. The first-order chi connectivity index (χ1) is 24.6. The van der Waals surface area contributed by atoms with Crippen molar-refractivity contribution in [3.8, 4) is 11.5 Å². The molecule has 0 fully saturated rings. The fourth-order valence-electron chi connectivity index (χ4n) is 6.02. The minimum Gasteiger partial charge on any atom is -0.491 e. The van der Waals surface area contributed by atoms with Gasteiger partial charge in [0.25, 0.3) is 0 Å². The molecule has 4 rings (SSSR count). The molecule has 0 aliphatic rings. The summed E-state index contributed by atoms with van der Waals surface area (Å²) in [4.78, 5) is 0. The highest BCUT2D eigenvalue weighted by Crippen LogP contribution is 2.36. The molecule has 0 spiro atoms. The molecule has 0 saturated carbocycles. The predicted molar refractivity (Wildman–Crippen MR) is 208 cm³/mol. The van der Waals surface area contributed by atoms with Crippen molar-refractivity contribution in [3.05, 3.63) is 130 Å². The van der Waals surface area contributed by atoms with Crippen LogP contribution >= 0.6 is 0 Å². The molecule has 0 aliphatic carbocycles. The van der Waals surface area contributed by atoms with Crippen molar-refractivity contribution in [2.75, 3.05) is 40.0 Å². The summed E-state index contributed by atoms with van der Waals surface area (Å²) in [5.74, 6) is 1.49. The van der Waals surface area contributed by atoms with Gasteiger partial charge in [-0.2, -0.15) is 0 Å². The molecule has 1 N–H and O–H groups in total. The third-order valence-electron chi connectivity index (χ3n) is 10.1. The highest BCUT2D eigenvalue weighted by atomic mass is 16.7. The van der Waals surface area contributed by atoms with Crippen LogP contribution in [0.3, 0.4) is 0 Å². The first-order valence-corrected chi connectivity index (χ1v) is 18.4. The van der Waals surface area contributed by atoms with E-state index in [0.29, 0.717) is 19.0 Å². The van der Waals surface area contributed by atoms with E-state index in [-0.39, 0.29) is 37.6 Å². The molecule has 4 aromatic carbocycles. The zero-order chi connectivity index (χ0) is 38.0. The fourth-order valence-corrected chi connectivity index (χ4v) is 6.02. The van der Waals surface area contributed by atoms with E-state index in [2.05, 4.69) is 114 Å². The van der Waals surface area contributed by atoms with Crippen LogP contribution in [0.25, 0.3) is 0 Å². The summed E-state index contributed by atoms with van der Waals surface area (Å²) in [7, 11) is 0. The summed E-state index contributed by atoms with van der Waals surface area (Å²) in [6.45, 7) is 23.0. The van der Waals surface area contributed by atoms with Crippen LogP contribution in [-0.4, -0.2) is 51.2 Å². The SMILES string of the molecule is CCOCOc1ccc(C(C)(C)c2ccc(C(C)(C)OCC(O)COc3ccc(C(C)(C)c4ccc(C(C)(C)OCOCC)cc4)cc3)cc2)cc1. The van der Waals surface area contributed by atoms with Gasteiger partial charge < -0.3 is 33.5 Å². The topological polar surface area (TPSA) is 75.6 Å². The first kappa shape index (κ1) is 41.0. The lowest BCUT2D eigenvalue weighted by atomic mass is 9.77. The number of benzene rings is 4. The van der Waals surface area contributed by atoms with Crippen molar-refractivity contribution in [2.24, 2.45) is 0 Å². The molecule has 0 radical (unpaired) electrons. The lowest BCUT2D eigenvalue weighted by Crippen LogP contribution is -2.30. The van der Waals surface area contributed by atoms with Gasteiger partial charge in [0.05, 0.1) is 17.8 Å². The third kappa shape index (κ3) is 10.7.